The van der Waals surface area contributed by atoms with Crippen LogP contribution in [0.3, 0.4) is 0 Å². The molecule has 0 aliphatic heterocycles. The molecule has 0 radical (unpaired) electrons. The van der Waals surface area contributed by atoms with E-state index in [4.69, 9.17) is 0 Å². The van der Waals surface area contributed by atoms with Gasteiger partial charge in [0.2, 0.25) is 0 Å². The molecule has 2 N–H and O–H groups in total. The number of nitrogens with one attached hydrogen (secondary N) is 2. The van der Waals surface area contributed by atoms with Gasteiger partial charge in [-0.2, -0.15) is 0 Å². The zero-order chi connectivity index (χ0) is 13.1. The summed E-state index contributed by atoms with van der Waals surface area (Å²) in [5, 5.41) is 6.57. The van der Waals surface area contributed by atoms with E-state index >= 15 is 0 Å². The normalized spacial score (nSPS) is 11.0. The lowest BCUT2D eigenvalue weighted by molar-refractivity contribution is 0.789. The lowest BCUT2D eigenvalue weighted by Crippen LogP contribution is -2.06. The first-order valence-electron chi connectivity index (χ1n) is 6.21. The number of fused-ring (bicyclic) bond motifs is 1. The van der Waals surface area contributed by atoms with Gasteiger partial charge in [0.25, 0.3) is 0 Å². The van der Waals surface area contributed by atoms with Crippen molar-refractivity contribution in [3.05, 3.63) is 54.2 Å². The predicted octanol–water partition coefficient (Wildman–Crippen LogP) is 3.43. The molecule has 0 atom stereocenters. The first kappa shape index (κ1) is 12.3. The molecule has 0 unspecified atom stereocenters. The van der Waals surface area contributed by atoms with E-state index in [1.165, 1.54) is 10.9 Å². The topological polar surface area (TPSA) is 40.7 Å². The van der Waals surface area contributed by atoms with Crippen molar-refractivity contribution in [3.8, 4) is 0 Å². The van der Waals surface area contributed by atoms with Crippen LogP contribution in [-0.2, 0) is 6.54 Å². The molecular weight excluding hydrogens is 254 g/mol. The molecule has 0 saturated carbocycles. The summed E-state index contributed by atoms with van der Waals surface area (Å²) in [4.78, 5) is 7.88. The molecular formula is C15H15N3S. The van der Waals surface area contributed by atoms with E-state index in [9.17, 15) is 0 Å². The van der Waals surface area contributed by atoms with Crippen molar-refractivity contribution in [1.82, 2.24) is 15.3 Å². The van der Waals surface area contributed by atoms with Gasteiger partial charge in [0.15, 0.2) is 0 Å². The Labute approximate surface area is 116 Å². The molecule has 96 valence electrons. The Morgan fingerprint density at radius 1 is 1.21 bits per heavy atom. The predicted molar refractivity (Wildman–Crippen MR) is 79.4 cm³/mol. The minimum absolute atomic E-state index is 0.830. The molecule has 0 spiro atoms. The van der Waals surface area contributed by atoms with Gasteiger partial charge in [-0.15, -0.1) is 0 Å². The number of rotatable bonds is 4. The van der Waals surface area contributed by atoms with Gasteiger partial charge in [-0.05, 0) is 30.8 Å². The molecule has 0 fully saturated rings. The summed E-state index contributed by atoms with van der Waals surface area (Å²) < 4.78 is 0. The van der Waals surface area contributed by atoms with Crippen molar-refractivity contribution in [2.45, 2.75) is 16.6 Å². The van der Waals surface area contributed by atoms with E-state index in [1.54, 1.807) is 11.8 Å². The third kappa shape index (κ3) is 2.64. The van der Waals surface area contributed by atoms with Crippen molar-refractivity contribution in [2.75, 3.05) is 7.05 Å². The first-order valence-corrected chi connectivity index (χ1v) is 7.02. The molecule has 0 aliphatic carbocycles. The summed E-state index contributed by atoms with van der Waals surface area (Å²) in [6.45, 7) is 0.830. The second-order valence-electron chi connectivity index (χ2n) is 4.32. The third-order valence-electron chi connectivity index (χ3n) is 2.93. The number of nitrogens with zero attached hydrogens (tertiary/aromatic N) is 1. The molecule has 0 aliphatic rings. The molecule has 2 aromatic heterocycles. The van der Waals surface area contributed by atoms with Gasteiger partial charge in [-0.25, -0.2) is 4.98 Å². The van der Waals surface area contributed by atoms with Crippen LogP contribution in [0.5, 0.6) is 0 Å². The molecule has 19 heavy (non-hydrogen) atoms. The lowest BCUT2D eigenvalue weighted by atomic mass is 10.3. The van der Waals surface area contributed by atoms with Crippen LogP contribution >= 0.6 is 11.8 Å². The van der Waals surface area contributed by atoms with Gasteiger partial charge in [0.05, 0.1) is 5.03 Å². The van der Waals surface area contributed by atoms with Crippen molar-refractivity contribution in [2.24, 2.45) is 0 Å². The minimum atomic E-state index is 0.830. The van der Waals surface area contributed by atoms with Crippen molar-refractivity contribution >= 4 is 22.7 Å². The third-order valence-corrected chi connectivity index (χ3v) is 3.93. The number of benzene rings is 1. The van der Waals surface area contributed by atoms with Gasteiger partial charge in [-0.3, -0.25) is 0 Å². The van der Waals surface area contributed by atoms with E-state index in [-0.39, 0.29) is 0 Å². The van der Waals surface area contributed by atoms with Gasteiger partial charge >= 0.3 is 0 Å². The van der Waals surface area contributed by atoms with Crippen LogP contribution in [0, 0.1) is 0 Å². The van der Waals surface area contributed by atoms with Gasteiger partial charge in [0.1, 0.15) is 5.03 Å². The van der Waals surface area contributed by atoms with E-state index in [0.29, 0.717) is 0 Å². The maximum atomic E-state index is 4.47. The van der Waals surface area contributed by atoms with Crippen LogP contribution in [0.2, 0.25) is 0 Å². The summed E-state index contributed by atoms with van der Waals surface area (Å²) in [5.74, 6) is 0. The van der Waals surface area contributed by atoms with Gasteiger partial charge in [-0.1, -0.05) is 36.0 Å². The molecule has 0 bridgehead atoms. The Hall–Kier alpha value is -1.78. The van der Waals surface area contributed by atoms with Crippen LogP contribution in [0.1, 0.15) is 5.56 Å². The largest absolute Gasteiger partial charge is 0.349 e. The van der Waals surface area contributed by atoms with Gasteiger partial charge < -0.3 is 10.3 Å². The van der Waals surface area contributed by atoms with Crippen LogP contribution < -0.4 is 5.32 Å². The summed E-state index contributed by atoms with van der Waals surface area (Å²) >= 11 is 1.67. The number of para-hydroxylation sites is 1. The van der Waals surface area contributed by atoms with Crippen LogP contribution in [0.15, 0.2) is 58.7 Å². The molecule has 3 nitrogen and oxygen atoms in total. The maximum Gasteiger partial charge on any atom is 0.107 e. The maximum absolute atomic E-state index is 4.47. The Bertz CT molecular complexity index is 657. The van der Waals surface area contributed by atoms with Crippen molar-refractivity contribution in [1.29, 1.82) is 0 Å². The van der Waals surface area contributed by atoms with Crippen molar-refractivity contribution < 1.29 is 0 Å². The second-order valence-corrected chi connectivity index (χ2v) is 5.35. The molecule has 4 heteroatoms. The van der Waals surface area contributed by atoms with Gasteiger partial charge in [0, 0.05) is 23.6 Å². The van der Waals surface area contributed by atoms with E-state index in [1.807, 2.05) is 25.4 Å². The fourth-order valence-electron chi connectivity index (χ4n) is 2.05. The highest BCUT2D eigenvalue weighted by atomic mass is 32.2. The number of aromatic amines is 1. The Kier molecular flexibility index (Phi) is 3.53. The highest BCUT2D eigenvalue weighted by Crippen LogP contribution is 2.30. The first-order chi connectivity index (χ1) is 9.36. The van der Waals surface area contributed by atoms with Crippen LogP contribution in [0.4, 0.5) is 0 Å². The molecule has 0 amide bonds. The number of hydrogen-bond acceptors (Lipinski definition) is 3. The smallest absolute Gasteiger partial charge is 0.107 e. The molecule has 3 aromatic rings. The molecule has 0 saturated heterocycles. The summed E-state index contributed by atoms with van der Waals surface area (Å²) in [7, 11) is 1.95. The Balaban J connectivity index is 1.92. The highest BCUT2D eigenvalue weighted by Gasteiger charge is 2.07. The van der Waals surface area contributed by atoms with E-state index in [2.05, 4.69) is 45.6 Å². The average Bonchev–Trinajstić information content (AvgIpc) is 2.83. The van der Waals surface area contributed by atoms with Crippen LogP contribution in [0.25, 0.3) is 10.9 Å². The Morgan fingerprint density at radius 2 is 2.11 bits per heavy atom. The number of aromatic nitrogens is 2. The van der Waals surface area contributed by atoms with Crippen molar-refractivity contribution in [3.63, 3.8) is 0 Å². The standard InChI is InChI=1S/C15H15N3S/c1-16-10-12-6-4-8-17-15(12)19-14-9-11-5-2-3-7-13(11)18-14/h2-9,16,18H,10H2,1H3. The second kappa shape index (κ2) is 5.47. The van der Waals surface area contributed by atoms with E-state index < -0.39 is 0 Å². The molecule has 3 rings (SSSR count). The fourth-order valence-corrected chi connectivity index (χ4v) is 2.99. The quantitative estimate of drug-likeness (QED) is 0.762. The lowest BCUT2D eigenvalue weighted by Gasteiger charge is -2.05. The summed E-state index contributed by atoms with van der Waals surface area (Å²) in [6.07, 6.45) is 1.84. The number of pyridine rings is 1. The summed E-state index contributed by atoms with van der Waals surface area (Å²) in [6, 6.07) is 14.5. The minimum Gasteiger partial charge on any atom is -0.349 e. The SMILES string of the molecule is CNCc1cccnc1Sc1cc2ccccc2[nH]1. The highest BCUT2D eigenvalue weighted by molar-refractivity contribution is 7.99. The zero-order valence-corrected chi connectivity index (χ0v) is 11.5. The van der Waals surface area contributed by atoms with Crippen LogP contribution in [-0.4, -0.2) is 17.0 Å². The summed E-state index contributed by atoms with van der Waals surface area (Å²) in [5.41, 5.74) is 2.38. The number of H-pyrrole nitrogens is 1. The zero-order valence-electron chi connectivity index (χ0n) is 10.7. The molecule has 2 heterocycles. The molecule has 1 aromatic carbocycles. The average molecular weight is 269 g/mol. The van der Waals surface area contributed by atoms with E-state index in [0.717, 1.165) is 22.1 Å². The monoisotopic (exact) mass is 269 g/mol. The number of hydrogen-bond donors (Lipinski definition) is 2. The fraction of sp³-hybridized carbons (Fsp3) is 0.133. The Morgan fingerprint density at radius 3 is 2.95 bits per heavy atom.